The number of amides is 1. The van der Waals surface area contributed by atoms with E-state index in [9.17, 15) is 23.5 Å². The molecule has 1 amide bonds. The summed E-state index contributed by atoms with van der Waals surface area (Å²) in [6.45, 7) is 0.897. The van der Waals surface area contributed by atoms with Crippen molar-refractivity contribution in [1.82, 2.24) is 15.2 Å². The summed E-state index contributed by atoms with van der Waals surface area (Å²) in [5.41, 5.74) is 2.78. The quantitative estimate of drug-likeness (QED) is 0.316. The van der Waals surface area contributed by atoms with Crippen LogP contribution in [0.2, 0.25) is 0 Å². The van der Waals surface area contributed by atoms with Crippen LogP contribution < -0.4 is 5.32 Å². The Bertz CT molecular complexity index is 1310. The number of piperidine rings is 1. The molecule has 9 heteroatoms. The number of hydrogen-bond acceptors (Lipinski definition) is 3. The summed E-state index contributed by atoms with van der Waals surface area (Å²) in [5.74, 6) is -2.08. The van der Waals surface area contributed by atoms with Gasteiger partial charge in [-0.1, -0.05) is 18.2 Å². The topological polar surface area (TPSA) is 85.4 Å². The smallest absolute Gasteiger partial charge is 0.320 e. The monoisotopic (exact) mass is 557 g/mol. The molecule has 2 aromatic carbocycles. The van der Waals surface area contributed by atoms with Gasteiger partial charge in [0.25, 0.3) is 0 Å². The standard InChI is InChI=1S/C30H33F2N3O3.ClH/c31-22-15-19(16-23(32)17-22)5-10-28(36)35-13-11-21(12-14-35)29(30(37)38)34-24-8-6-20(7-9-24)26-18-33-27-4-2-1-3-25(26)27;/h1-5,10,15-18,20-21,24,29,33-34H,6-9,11-14H2,(H,37,38);1H. The van der Waals surface area contributed by atoms with E-state index in [1.54, 1.807) is 4.90 Å². The molecule has 0 bridgehead atoms. The van der Waals surface area contributed by atoms with Gasteiger partial charge < -0.3 is 20.3 Å². The van der Waals surface area contributed by atoms with Crippen LogP contribution in [0.4, 0.5) is 8.78 Å². The van der Waals surface area contributed by atoms with Crippen LogP contribution >= 0.6 is 12.4 Å². The van der Waals surface area contributed by atoms with Gasteiger partial charge in [-0.2, -0.15) is 0 Å². The molecule has 5 rings (SSSR count). The lowest BCUT2D eigenvalue weighted by Gasteiger charge is -2.37. The van der Waals surface area contributed by atoms with Crippen LogP contribution in [-0.2, 0) is 9.59 Å². The number of carbonyl (C=O) groups is 2. The largest absolute Gasteiger partial charge is 0.480 e. The minimum atomic E-state index is -0.846. The number of carboxylic acids is 1. The normalized spacial score (nSPS) is 21.1. The lowest BCUT2D eigenvalue weighted by molar-refractivity contribution is -0.142. The van der Waals surface area contributed by atoms with Gasteiger partial charge >= 0.3 is 5.97 Å². The van der Waals surface area contributed by atoms with E-state index in [2.05, 4.69) is 34.7 Å². The third-order valence-electron chi connectivity index (χ3n) is 8.10. The van der Waals surface area contributed by atoms with Crippen LogP contribution in [0.1, 0.15) is 55.6 Å². The number of halogens is 3. The van der Waals surface area contributed by atoms with Crippen molar-refractivity contribution in [2.75, 3.05) is 13.1 Å². The molecule has 39 heavy (non-hydrogen) atoms. The molecule has 1 saturated heterocycles. The molecule has 0 spiro atoms. The summed E-state index contributed by atoms with van der Waals surface area (Å²) >= 11 is 0. The van der Waals surface area contributed by atoms with Crippen molar-refractivity contribution in [2.24, 2.45) is 5.92 Å². The van der Waals surface area contributed by atoms with Gasteiger partial charge in [-0.25, -0.2) is 8.78 Å². The third-order valence-corrected chi connectivity index (χ3v) is 8.10. The molecule has 2 heterocycles. The summed E-state index contributed by atoms with van der Waals surface area (Å²) in [6, 6.07) is 11.0. The Labute approximate surface area is 232 Å². The van der Waals surface area contributed by atoms with E-state index >= 15 is 0 Å². The molecule has 1 atom stereocenters. The predicted molar refractivity (Wildman–Crippen MR) is 150 cm³/mol. The Morgan fingerprint density at radius 1 is 1.00 bits per heavy atom. The summed E-state index contributed by atoms with van der Waals surface area (Å²) < 4.78 is 26.7. The van der Waals surface area contributed by atoms with Crippen LogP contribution in [0.15, 0.2) is 54.7 Å². The maximum atomic E-state index is 13.4. The zero-order chi connectivity index (χ0) is 26.6. The van der Waals surface area contributed by atoms with Gasteiger partial charge in [0.1, 0.15) is 17.7 Å². The van der Waals surface area contributed by atoms with E-state index in [4.69, 9.17) is 0 Å². The fraction of sp³-hybridized carbons (Fsp3) is 0.400. The van der Waals surface area contributed by atoms with Gasteiger partial charge in [0.15, 0.2) is 0 Å². The molecule has 3 N–H and O–H groups in total. The molecule has 1 unspecified atom stereocenters. The molecule has 2 fully saturated rings. The number of aromatic nitrogens is 1. The highest BCUT2D eigenvalue weighted by Gasteiger charge is 2.35. The fourth-order valence-corrected chi connectivity index (χ4v) is 6.06. The Morgan fingerprint density at radius 2 is 1.67 bits per heavy atom. The van der Waals surface area contributed by atoms with E-state index in [0.29, 0.717) is 31.8 Å². The number of benzene rings is 2. The zero-order valence-corrected chi connectivity index (χ0v) is 22.4. The van der Waals surface area contributed by atoms with E-state index in [0.717, 1.165) is 49.4 Å². The lowest BCUT2D eigenvalue weighted by Crippen LogP contribution is -2.52. The first-order valence-corrected chi connectivity index (χ1v) is 13.4. The molecule has 3 aromatic rings. The molecule has 1 aliphatic carbocycles. The summed E-state index contributed by atoms with van der Waals surface area (Å²) in [7, 11) is 0. The van der Waals surface area contributed by atoms with Crippen LogP contribution in [0.5, 0.6) is 0 Å². The molecule has 208 valence electrons. The molecule has 1 saturated carbocycles. The first kappa shape index (κ1) is 28.8. The first-order valence-electron chi connectivity index (χ1n) is 13.4. The van der Waals surface area contributed by atoms with Crippen LogP contribution in [-0.4, -0.2) is 52.0 Å². The van der Waals surface area contributed by atoms with Crippen LogP contribution in [0.3, 0.4) is 0 Å². The SMILES string of the molecule is Cl.O=C(O)C(NC1CCC(c2c[nH]c3ccccc23)CC1)C1CCN(C(=O)C=Cc2cc(F)cc(F)c2)CC1. The summed E-state index contributed by atoms with van der Waals surface area (Å²) in [4.78, 5) is 29.8. The van der Waals surface area contributed by atoms with Crippen LogP contribution in [0, 0.1) is 17.6 Å². The molecule has 2 aliphatic rings. The first-order chi connectivity index (χ1) is 18.4. The predicted octanol–water partition coefficient (Wildman–Crippen LogP) is 5.89. The maximum Gasteiger partial charge on any atom is 0.320 e. The Morgan fingerprint density at radius 3 is 2.33 bits per heavy atom. The minimum Gasteiger partial charge on any atom is -0.480 e. The minimum absolute atomic E-state index is 0. The van der Waals surface area contributed by atoms with Gasteiger partial charge in [-0.05, 0) is 85.8 Å². The second kappa shape index (κ2) is 12.7. The number of carbonyl (C=O) groups excluding carboxylic acids is 1. The number of nitrogens with one attached hydrogen (secondary N) is 2. The number of carboxylic acid groups (broad SMARTS) is 1. The van der Waals surface area contributed by atoms with Gasteiger partial charge in [0.2, 0.25) is 5.91 Å². The van der Waals surface area contributed by atoms with Crippen molar-refractivity contribution in [3.63, 3.8) is 0 Å². The van der Waals surface area contributed by atoms with E-state index < -0.39 is 23.6 Å². The average Bonchev–Trinajstić information content (AvgIpc) is 3.34. The number of para-hydroxylation sites is 1. The average molecular weight is 558 g/mol. The number of nitrogens with zero attached hydrogens (tertiary/aromatic N) is 1. The molecule has 0 radical (unpaired) electrons. The van der Waals surface area contributed by atoms with Crippen molar-refractivity contribution in [1.29, 1.82) is 0 Å². The van der Waals surface area contributed by atoms with Gasteiger partial charge in [0.05, 0.1) is 0 Å². The molecule has 1 aliphatic heterocycles. The molecular formula is C30H34ClF2N3O3. The van der Waals surface area contributed by atoms with Crippen molar-refractivity contribution >= 4 is 41.3 Å². The van der Waals surface area contributed by atoms with E-state index in [1.807, 2.05) is 6.07 Å². The second-order valence-electron chi connectivity index (χ2n) is 10.5. The lowest BCUT2D eigenvalue weighted by atomic mass is 9.80. The summed E-state index contributed by atoms with van der Waals surface area (Å²) in [6.07, 6.45) is 9.88. The second-order valence-corrected chi connectivity index (χ2v) is 10.5. The highest BCUT2D eigenvalue weighted by Crippen LogP contribution is 2.37. The van der Waals surface area contributed by atoms with Crippen molar-refractivity contribution in [3.8, 4) is 0 Å². The Kier molecular flexibility index (Phi) is 9.40. The maximum absolute atomic E-state index is 13.4. The molecule has 6 nitrogen and oxygen atoms in total. The molecule has 1 aromatic heterocycles. The highest BCUT2D eigenvalue weighted by molar-refractivity contribution is 5.91. The van der Waals surface area contributed by atoms with Gasteiger partial charge in [0, 0.05) is 48.4 Å². The van der Waals surface area contributed by atoms with E-state index in [1.165, 1.54) is 23.1 Å². The Balaban J connectivity index is 0.00000353. The number of fused-ring (bicyclic) bond motifs is 1. The number of H-pyrrole nitrogens is 1. The fourth-order valence-electron chi connectivity index (χ4n) is 6.06. The van der Waals surface area contributed by atoms with Crippen molar-refractivity contribution < 1.29 is 23.5 Å². The molecular weight excluding hydrogens is 524 g/mol. The zero-order valence-electron chi connectivity index (χ0n) is 21.6. The highest BCUT2D eigenvalue weighted by atomic mass is 35.5. The Hall–Kier alpha value is -3.23. The number of aliphatic carboxylic acids is 1. The third kappa shape index (κ3) is 6.86. The van der Waals surface area contributed by atoms with Gasteiger partial charge in [-0.3, -0.25) is 9.59 Å². The van der Waals surface area contributed by atoms with Crippen molar-refractivity contribution in [2.45, 2.75) is 56.5 Å². The van der Waals surface area contributed by atoms with Crippen LogP contribution in [0.25, 0.3) is 17.0 Å². The number of aromatic amines is 1. The van der Waals surface area contributed by atoms with E-state index in [-0.39, 0.29) is 35.8 Å². The number of hydrogen-bond donors (Lipinski definition) is 3. The van der Waals surface area contributed by atoms with Crippen molar-refractivity contribution in [3.05, 3.63) is 77.5 Å². The number of rotatable bonds is 7. The number of likely N-dealkylation sites (tertiary alicyclic amines) is 1. The summed E-state index contributed by atoms with van der Waals surface area (Å²) in [5, 5.41) is 14.7. The van der Waals surface area contributed by atoms with Gasteiger partial charge in [-0.15, -0.1) is 12.4 Å².